The van der Waals surface area contributed by atoms with Crippen molar-refractivity contribution < 1.29 is 4.79 Å². The molecular weight excluding hydrogens is 272 g/mol. The third-order valence-corrected chi connectivity index (χ3v) is 4.62. The van der Waals surface area contributed by atoms with Crippen molar-refractivity contribution in [3.05, 3.63) is 35.9 Å². The molecule has 22 heavy (non-hydrogen) atoms. The first kappa shape index (κ1) is 18.7. The summed E-state index contributed by atoms with van der Waals surface area (Å²) >= 11 is 0. The Bertz CT molecular complexity index is 486. The summed E-state index contributed by atoms with van der Waals surface area (Å²) in [6.45, 7) is 12.8. The molecule has 0 aliphatic carbocycles. The standard InChI is InChI=1S/C19H32N2O/c1-14(18(2,3)4)20-17(22)16(21(7)8)19(5,6)15-12-10-9-11-13-15/h9-14,16H,1-8H3,(H,20,22). The summed E-state index contributed by atoms with van der Waals surface area (Å²) in [6.07, 6.45) is 0. The van der Waals surface area contributed by atoms with Crippen molar-refractivity contribution in [3.63, 3.8) is 0 Å². The van der Waals surface area contributed by atoms with Crippen LogP contribution in [0.4, 0.5) is 0 Å². The fourth-order valence-electron chi connectivity index (χ4n) is 2.74. The maximum Gasteiger partial charge on any atom is 0.238 e. The van der Waals surface area contributed by atoms with E-state index < -0.39 is 0 Å². The summed E-state index contributed by atoms with van der Waals surface area (Å²) in [5.74, 6) is 0.0845. The smallest absolute Gasteiger partial charge is 0.238 e. The highest BCUT2D eigenvalue weighted by Crippen LogP contribution is 2.30. The molecule has 1 aromatic rings. The summed E-state index contributed by atoms with van der Waals surface area (Å²) in [6, 6.07) is 10.1. The van der Waals surface area contributed by atoms with E-state index in [0.717, 1.165) is 0 Å². The van der Waals surface area contributed by atoms with E-state index in [1.54, 1.807) is 0 Å². The Morgan fingerprint density at radius 2 is 1.55 bits per heavy atom. The van der Waals surface area contributed by atoms with E-state index in [0.29, 0.717) is 0 Å². The van der Waals surface area contributed by atoms with E-state index in [-0.39, 0.29) is 28.8 Å². The topological polar surface area (TPSA) is 32.3 Å². The number of carbonyl (C=O) groups is 1. The number of carbonyl (C=O) groups excluding carboxylic acids is 1. The van der Waals surface area contributed by atoms with Crippen molar-refractivity contribution in [1.29, 1.82) is 0 Å². The molecule has 3 heteroatoms. The van der Waals surface area contributed by atoms with Gasteiger partial charge in [-0.25, -0.2) is 0 Å². The largest absolute Gasteiger partial charge is 0.352 e. The third-order valence-electron chi connectivity index (χ3n) is 4.62. The molecule has 0 heterocycles. The van der Waals surface area contributed by atoms with Crippen molar-refractivity contribution in [1.82, 2.24) is 10.2 Å². The first-order valence-electron chi connectivity index (χ1n) is 8.00. The molecule has 0 saturated carbocycles. The van der Waals surface area contributed by atoms with Gasteiger partial charge in [-0.05, 0) is 32.0 Å². The van der Waals surface area contributed by atoms with Gasteiger partial charge in [-0.3, -0.25) is 9.69 Å². The molecule has 1 N–H and O–H groups in total. The molecule has 0 aliphatic heterocycles. The van der Waals surface area contributed by atoms with Gasteiger partial charge in [0.15, 0.2) is 0 Å². The van der Waals surface area contributed by atoms with Crippen LogP contribution in [0.3, 0.4) is 0 Å². The second-order valence-corrected chi connectivity index (χ2v) is 8.05. The number of hydrogen-bond donors (Lipinski definition) is 1. The molecule has 0 bridgehead atoms. The molecular formula is C19H32N2O. The van der Waals surface area contributed by atoms with Crippen molar-refractivity contribution in [3.8, 4) is 0 Å². The lowest BCUT2D eigenvalue weighted by Crippen LogP contribution is -2.56. The zero-order chi connectivity index (χ0) is 17.1. The molecule has 0 aliphatic rings. The number of likely N-dealkylation sites (N-methyl/N-ethyl adjacent to an activating group) is 1. The zero-order valence-electron chi connectivity index (χ0n) is 15.4. The Kier molecular flexibility index (Phi) is 5.80. The Hall–Kier alpha value is -1.35. The summed E-state index contributed by atoms with van der Waals surface area (Å²) < 4.78 is 0. The molecule has 0 spiro atoms. The molecule has 124 valence electrons. The lowest BCUT2D eigenvalue weighted by Gasteiger charge is -2.40. The molecule has 1 amide bonds. The van der Waals surface area contributed by atoms with Gasteiger partial charge >= 0.3 is 0 Å². The SMILES string of the molecule is CC(NC(=O)C(N(C)C)C(C)(C)c1ccccc1)C(C)(C)C. The lowest BCUT2D eigenvalue weighted by molar-refractivity contribution is -0.129. The highest BCUT2D eigenvalue weighted by atomic mass is 16.2. The van der Waals surface area contributed by atoms with Crippen molar-refractivity contribution in [2.75, 3.05) is 14.1 Å². The van der Waals surface area contributed by atoms with Crippen LogP contribution in [0.2, 0.25) is 0 Å². The number of nitrogens with one attached hydrogen (secondary N) is 1. The maximum absolute atomic E-state index is 12.9. The van der Waals surface area contributed by atoms with Crippen LogP contribution < -0.4 is 5.32 Å². The normalized spacial score (nSPS) is 15.5. The van der Waals surface area contributed by atoms with Crippen LogP contribution in [0.15, 0.2) is 30.3 Å². The molecule has 0 fully saturated rings. The van der Waals surface area contributed by atoms with Crippen molar-refractivity contribution in [2.45, 2.75) is 59.0 Å². The maximum atomic E-state index is 12.9. The van der Waals surface area contributed by atoms with Gasteiger partial charge < -0.3 is 5.32 Å². The van der Waals surface area contributed by atoms with E-state index in [4.69, 9.17) is 0 Å². The highest BCUT2D eigenvalue weighted by molar-refractivity contribution is 5.84. The molecule has 0 saturated heterocycles. The number of nitrogens with zero attached hydrogens (tertiary/aromatic N) is 1. The summed E-state index contributed by atoms with van der Waals surface area (Å²) in [7, 11) is 3.94. The first-order chi connectivity index (χ1) is 9.98. The predicted molar refractivity (Wildman–Crippen MR) is 94.0 cm³/mol. The summed E-state index contributed by atoms with van der Waals surface area (Å²) in [5, 5.41) is 3.20. The van der Waals surface area contributed by atoms with Crippen molar-refractivity contribution >= 4 is 5.91 Å². The predicted octanol–water partition coefficient (Wildman–Crippen LogP) is 3.45. The highest BCUT2D eigenvalue weighted by Gasteiger charge is 2.39. The number of amides is 1. The average Bonchev–Trinajstić information content (AvgIpc) is 2.37. The van der Waals surface area contributed by atoms with Crippen molar-refractivity contribution in [2.24, 2.45) is 5.41 Å². The zero-order valence-corrected chi connectivity index (χ0v) is 15.4. The lowest BCUT2D eigenvalue weighted by atomic mass is 9.76. The van der Waals surface area contributed by atoms with E-state index in [2.05, 4.69) is 59.0 Å². The van der Waals surface area contributed by atoms with Gasteiger partial charge in [0.05, 0.1) is 6.04 Å². The van der Waals surface area contributed by atoms with Gasteiger partial charge in [-0.1, -0.05) is 65.0 Å². The van der Waals surface area contributed by atoms with E-state index in [9.17, 15) is 4.79 Å². The van der Waals surface area contributed by atoms with Crippen LogP contribution in [-0.4, -0.2) is 37.0 Å². The van der Waals surface area contributed by atoms with E-state index in [1.807, 2.05) is 37.2 Å². The van der Waals surface area contributed by atoms with E-state index >= 15 is 0 Å². The van der Waals surface area contributed by atoms with Crippen LogP contribution in [0.1, 0.15) is 47.1 Å². The average molecular weight is 304 g/mol. The fraction of sp³-hybridized carbons (Fsp3) is 0.632. The first-order valence-corrected chi connectivity index (χ1v) is 8.00. The minimum atomic E-state index is -0.271. The van der Waals surface area contributed by atoms with Crippen LogP contribution in [0.5, 0.6) is 0 Å². The Balaban J connectivity index is 3.06. The monoisotopic (exact) mass is 304 g/mol. The Morgan fingerprint density at radius 1 is 1.05 bits per heavy atom. The number of benzene rings is 1. The van der Waals surface area contributed by atoms with Gasteiger partial charge in [0.2, 0.25) is 5.91 Å². The van der Waals surface area contributed by atoms with Gasteiger partial charge in [0.1, 0.15) is 0 Å². The molecule has 2 unspecified atom stereocenters. The quantitative estimate of drug-likeness (QED) is 0.903. The summed E-state index contributed by atoms with van der Waals surface area (Å²) in [4.78, 5) is 14.9. The fourth-order valence-corrected chi connectivity index (χ4v) is 2.74. The van der Waals surface area contributed by atoms with Crippen LogP contribution in [-0.2, 0) is 10.2 Å². The molecule has 0 aromatic heterocycles. The van der Waals surface area contributed by atoms with E-state index in [1.165, 1.54) is 5.56 Å². The molecule has 3 nitrogen and oxygen atoms in total. The minimum absolute atomic E-state index is 0.0451. The number of rotatable bonds is 5. The summed E-state index contributed by atoms with van der Waals surface area (Å²) in [5.41, 5.74) is 0.947. The van der Waals surface area contributed by atoms with Crippen LogP contribution in [0.25, 0.3) is 0 Å². The Morgan fingerprint density at radius 3 is 1.95 bits per heavy atom. The molecule has 1 rings (SSSR count). The van der Waals surface area contributed by atoms with Gasteiger partial charge in [0.25, 0.3) is 0 Å². The second-order valence-electron chi connectivity index (χ2n) is 8.05. The molecule has 0 radical (unpaired) electrons. The van der Waals surface area contributed by atoms with Crippen LogP contribution in [0, 0.1) is 5.41 Å². The Labute approximate surface area is 136 Å². The second kappa shape index (κ2) is 6.82. The molecule has 1 aromatic carbocycles. The molecule has 2 atom stereocenters. The number of hydrogen-bond acceptors (Lipinski definition) is 2. The third kappa shape index (κ3) is 4.33. The van der Waals surface area contributed by atoms with Gasteiger partial charge in [0, 0.05) is 11.5 Å². The van der Waals surface area contributed by atoms with Gasteiger partial charge in [-0.2, -0.15) is 0 Å². The minimum Gasteiger partial charge on any atom is -0.352 e. The van der Waals surface area contributed by atoms with Gasteiger partial charge in [-0.15, -0.1) is 0 Å². The van der Waals surface area contributed by atoms with Crippen LogP contribution >= 0.6 is 0 Å².